The molecule has 1 aliphatic heterocycles. The lowest BCUT2D eigenvalue weighted by atomic mass is 10.2. The van der Waals surface area contributed by atoms with Crippen LogP contribution in [0.5, 0.6) is 5.75 Å². The third-order valence-electron chi connectivity index (χ3n) is 5.76. The van der Waals surface area contributed by atoms with Crippen molar-refractivity contribution in [2.75, 3.05) is 17.3 Å². The molecule has 1 N–H and O–H groups in total. The zero-order chi connectivity index (χ0) is 25.1. The Bertz CT molecular complexity index is 1380. The molecule has 1 unspecified atom stereocenters. The van der Waals surface area contributed by atoms with Crippen LogP contribution in [0.25, 0.3) is 0 Å². The van der Waals surface area contributed by atoms with E-state index in [-0.39, 0.29) is 17.1 Å². The SMILES string of the molecule is COc1cccc(C(=O)Nc2ccc(SC(C)C(=O)N3c4ccccc4Sc4ccccc43)cc2)c1. The molecule has 4 aromatic carbocycles. The molecule has 1 aliphatic rings. The molecule has 5 nitrogen and oxygen atoms in total. The number of ether oxygens (including phenoxy) is 1. The standard InChI is InChI=1S/C29H24N2O3S2/c1-19(29(33)31-24-10-3-5-12-26(24)36-27-13-6-4-11-25(27)31)35-23-16-14-21(15-17-23)30-28(32)20-8-7-9-22(18-20)34-2/h3-19H,1-2H3,(H,30,32). The number of carbonyl (C=O) groups is 2. The lowest BCUT2D eigenvalue weighted by Crippen LogP contribution is -2.34. The normalized spacial score (nSPS) is 12.8. The monoisotopic (exact) mass is 512 g/mol. The number of hydrogen-bond donors (Lipinski definition) is 1. The van der Waals surface area contributed by atoms with Gasteiger partial charge >= 0.3 is 0 Å². The van der Waals surface area contributed by atoms with Crippen molar-refractivity contribution < 1.29 is 14.3 Å². The smallest absolute Gasteiger partial charge is 0.255 e. The van der Waals surface area contributed by atoms with E-state index >= 15 is 0 Å². The zero-order valence-corrected chi connectivity index (χ0v) is 21.4. The van der Waals surface area contributed by atoms with Crippen molar-refractivity contribution in [3.05, 3.63) is 103 Å². The molecule has 0 saturated carbocycles. The zero-order valence-electron chi connectivity index (χ0n) is 19.8. The van der Waals surface area contributed by atoms with Gasteiger partial charge in [0.15, 0.2) is 0 Å². The van der Waals surface area contributed by atoms with E-state index in [1.807, 2.05) is 84.6 Å². The predicted octanol–water partition coefficient (Wildman–Crippen LogP) is 7.26. The minimum absolute atomic E-state index is 0.0237. The molecular weight excluding hydrogens is 488 g/mol. The maximum Gasteiger partial charge on any atom is 0.255 e. The molecular formula is C29H24N2O3S2. The highest BCUT2D eigenvalue weighted by Crippen LogP contribution is 2.48. The lowest BCUT2D eigenvalue weighted by Gasteiger charge is -2.32. The first-order chi connectivity index (χ1) is 17.5. The fraction of sp³-hybridized carbons (Fsp3) is 0.103. The number of para-hydroxylation sites is 2. The molecule has 1 heterocycles. The summed E-state index contributed by atoms with van der Waals surface area (Å²) in [5.74, 6) is 0.444. The Balaban J connectivity index is 1.29. The van der Waals surface area contributed by atoms with Crippen molar-refractivity contribution in [1.29, 1.82) is 0 Å². The Labute approximate surface area is 218 Å². The summed E-state index contributed by atoms with van der Waals surface area (Å²) in [6.45, 7) is 1.93. The Kier molecular flexibility index (Phi) is 7.02. The molecule has 5 rings (SSSR count). The summed E-state index contributed by atoms with van der Waals surface area (Å²) in [6, 6.07) is 30.5. The van der Waals surface area contributed by atoms with E-state index in [9.17, 15) is 9.59 Å². The Morgan fingerprint density at radius 1 is 0.861 bits per heavy atom. The maximum atomic E-state index is 13.7. The molecule has 0 bridgehead atoms. The predicted molar refractivity (Wildman–Crippen MR) is 147 cm³/mol. The van der Waals surface area contributed by atoms with Gasteiger partial charge in [-0.15, -0.1) is 11.8 Å². The van der Waals surface area contributed by atoms with Crippen molar-refractivity contribution in [3.63, 3.8) is 0 Å². The number of nitrogens with one attached hydrogen (secondary N) is 1. The number of hydrogen-bond acceptors (Lipinski definition) is 5. The highest BCUT2D eigenvalue weighted by molar-refractivity contribution is 8.00. The highest BCUT2D eigenvalue weighted by Gasteiger charge is 2.31. The largest absolute Gasteiger partial charge is 0.497 e. The van der Waals surface area contributed by atoms with Gasteiger partial charge < -0.3 is 10.1 Å². The van der Waals surface area contributed by atoms with E-state index in [0.29, 0.717) is 17.0 Å². The van der Waals surface area contributed by atoms with Crippen LogP contribution in [-0.4, -0.2) is 24.2 Å². The number of methoxy groups -OCH3 is 1. The van der Waals surface area contributed by atoms with E-state index in [1.165, 1.54) is 11.8 Å². The van der Waals surface area contributed by atoms with Crippen LogP contribution in [0.1, 0.15) is 17.3 Å². The molecule has 7 heteroatoms. The molecule has 4 aromatic rings. The third-order valence-corrected chi connectivity index (χ3v) is 7.99. The van der Waals surface area contributed by atoms with Crippen LogP contribution in [-0.2, 0) is 4.79 Å². The first kappa shape index (κ1) is 24.0. The van der Waals surface area contributed by atoms with Gasteiger partial charge in [0.2, 0.25) is 5.91 Å². The van der Waals surface area contributed by atoms with E-state index in [0.717, 1.165) is 26.1 Å². The topological polar surface area (TPSA) is 58.6 Å². The van der Waals surface area contributed by atoms with E-state index in [4.69, 9.17) is 4.74 Å². The van der Waals surface area contributed by atoms with Crippen LogP contribution < -0.4 is 15.0 Å². The Morgan fingerprint density at radius 3 is 2.14 bits per heavy atom. The van der Waals surface area contributed by atoms with Crippen molar-refractivity contribution in [1.82, 2.24) is 0 Å². The van der Waals surface area contributed by atoms with Gasteiger partial charge in [-0.2, -0.15) is 0 Å². The molecule has 0 spiro atoms. The second kappa shape index (κ2) is 10.5. The summed E-state index contributed by atoms with van der Waals surface area (Å²) in [7, 11) is 1.57. The maximum absolute atomic E-state index is 13.7. The number of amides is 2. The summed E-state index contributed by atoms with van der Waals surface area (Å²) < 4.78 is 5.20. The van der Waals surface area contributed by atoms with Gasteiger partial charge in [0, 0.05) is 25.9 Å². The van der Waals surface area contributed by atoms with E-state index in [1.54, 1.807) is 43.1 Å². The van der Waals surface area contributed by atoms with Gasteiger partial charge in [-0.3, -0.25) is 14.5 Å². The van der Waals surface area contributed by atoms with Gasteiger partial charge in [-0.1, -0.05) is 42.1 Å². The summed E-state index contributed by atoms with van der Waals surface area (Å²) in [5, 5.41) is 2.59. The second-order valence-electron chi connectivity index (χ2n) is 8.18. The number of nitrogens with zero attached hydrogens (tertiary/aromatic N) is 1. The molecule has 36 heavy (non-hydrogen) atoms. The number of fused-ring (bicyclic) bond motifs is 2. The van der Waals surface area contributed by atoms with Gasteiger partial charge in [0.05, 0.1) is 23.7 Å². The fourth-order valence-corrected chi connectivity index (χ4v) is 5.93. The number of anilines is 3. The van der Waals surface area contributed by atoms with Crippen LogP contribution in [0, 0.1) is 0 Å². The number of carbonyl (C=O) groups excluding carboxylic acids is 2. The van der Waals surface area contributed by atoms with Gasteiger partial charge in [0.25, 0.3) is 5.91 Å². The van der Waals surface area contributed by atoms with Crippen molar-refractivity contribution >= 4 is 52.4 Å². The molecule has 0 fully saturated rings. The van der Waals surface area contributed by atoms with Crippen LogP contribution >= 0.6 is 23.5 Å². The summed E-state index contributed by atoms with van der Waals surface area (Å²) in [5.41, 5.74) is 3.03. The van der Waals surface area contributed by atoms with Crippen molar-refractivity contribution in [3.8, 4) is 5.75 Å². The van der Waals surface area contributed by atoms with Crippen LogP contribution in [0.3, 0.4) is 0 Å². The minimum Gasteiger partial charge on any atom is -0.497 e. The van der Waals surface area contributed by atoms with E-state index < -0.39 is 0 Å². The molecule has 180 valence electrons. The Hall–Kier alpha value is -3.68. The first-order valence-electron chi connectivity index (χ1n) is 11.5. The minimum atomic E-state index is -0.313. The molecule has 0 saturated heterocycles. The van der Waals surface area contributed by atoms with Gasteiger partial charge in [-0.25, -0.2) is 0 Å². The number of rotatable bonds is 6. The van der Waals surface area contributed by atoms with Gasteiger partial charge in [0.1, 0.15) is 5.75 Å². The highest BCUT2D eigenvalue weighted by atomic mass is 32.2. The Morgan fingerprint density at radius 2 is 1.50 bits per heavy atom. The van der Waals surface area contributed by atoms with Crippen molar-refractivity contribution in [2.45, 2.75) is 26.9 Å². The van der Waals surface area contributed by atoms with Gasteiger partial charge in [-0.05, 0) is 73.7 Å². The quantitative estimate of drug-likeness (QED) is 0.276. The summed E-state index contributed by atoms with van der Waals surface area (Å²) >= 11 is 3.18. The molecule has 0 aliphatic carbocycles. The summed E-state index contributed by atoms with van der Waals surface area (Å²) in [4.78, 5) is 31.2. The van der Waals surface area contributed by atoms with Crippen LogP contribution in [0.15, 0.2) is 112 Å². The third kappa shape index (κ3) is 4.98. The average molecular weight is 513 g/mol. The fourth-order valence-electron chi connectivity index (χ4n) is 3.96. The number of thioether (sulfide) groups is 1. The second-order valence-corrected chi connectivity index (χ2v) is 10.7. The number of benzene rings is 4. The average Bonchev–Trinajstić information content (AvgIpc) is 2.92. The van der Waals surface area contributed by atoms with Crippen LogP contribution in [0.2, 0.25) is 0 Å². The first-order valence-corrected chi connectivity index (χ1v) is 13.1. The molecule has 0 aromatic heterocycles. The molecule has 2 amide bonds. The summed E-state index contributed by atoms with van der Waals surface area (Å²) in [6.07, 6.45) is 0. The van der Waals surface area contributed by atoms with Crippen LogP contribution in [0.4, 0.5) is 17.1 Å². The van der Waals surface area contributed by atoms with E-state index in [2.05, 4.69) is 5.32 Å². The van der Waals surface area contributed by atoms with Crippen molar-refractivity contribution in [2.24, 2.45) is 0 Å². The lowest BCUT2D eigenvalue weighted by molar-refractivity contribution is -0.117. The molecule has 0 radical (unpaired) electrons. The molecule has 1 atom stereocenters.